The first-order chi connectivity index (χ1) is 27.2. The van der Waals surface area contributed by atoms with Crippen LogP contribution < -0.4 is 0 Å². The van der Waals surface area contributed by atoms with Crippen molar-refractivity contribution < 1.29 is 4.42 Å². The van der Waals surface area contributed by atoms with E-state index in [9.17, 15) is 0 Å². The van der Waals surface area contributed by atoms with Gasteiger partial charge in [-0.3, -0.25) is 0 Å². The molecule has 0 aliphatic heterocycles. The molecule has 0 bridgehead atoms. The van der Waals surface area contributed by atoms with Gasteiger partial charge in [0.2, 0.25) is 0 Å². The van der Waals surface area contributed by atoms with Crippen LogP contribution in [0.5, 0.6) is 0 Å². The fourth-order valence-electron chi connectivity index (χ4n) is 8.02. The molecule has 4 aromatic heterocycles. The molecule has 0 fully saturated rings. The zero-order chi connectivity index (χ0) is 36.3. The Morgan fingerprint density at radius 3 is 1.89 bits per heavy atom. The number of nitrogens with zero attached hydrogens (tertiary/aromatic N) is 4. The minimum Gasteiger partial charge on any atom is -0.460 e. The summed E-state index contributed by atoms with van der Waals surface area (Å²) in [5, 5.41) is 4.23. The fourth-order valence-corrected chi connectivity index (χ4v) is 8.02. The van der Waals surface area contributed by atoms with Crippen molar-refractivity contribution in [1.29, 1.82) is 0 Å². The second kappa shape index (κ2) is 12.7. The molecular weight excluding hydrogens is 673 g/mol. The summed E-state index contributed by atoms with van der Waals surface area (Å²) in [7, 11) is 0. The Bertz CT molecular complexity index is 3150. The topological polar surface area (TPSA) is 64.7 Å². The Labute approximate surface area is 317 Å². The van der Waals surface area contributed by atoms with Crippen molar-refractivity contribution in [2.24, 2.45) is 0 Å². The van der Waals surface area contributed by atoms with Crippen LogP contribution in [0.4, 0.5) is 0 Å². The van der Waals surface area contributed by atoms with Gasteiger partial charge in [0.15, 0.2) is 5.82 Å². The number of furan rings is 1. The van der Waals surface area contributed by atoms with Crippen LogP contribution in [0.1, 0.15) is 17.7 Å². The molecule has 0 saturated heterocycles. The van der Waals surface area contributed by atoms with Crippen molar-refractivity contribution in [3.63, 3.8) is 0 Å². The van der Waals surface area contributed by atoms with E-state index in [-0.39, 0.29) is 0 Å². The normalized spacial score (nSPS) is 12.5. The summed E-state index contributed by atoms with van der Waals surface area (Å²) < 4.78 is 6.47. The van der Waals surface area contributed by atoms with E-state index in [1.807, 2.05) is 24.3 Å². The molecule has 0 unspecified atom stereocenters. The number of hydrogen-bond donors (Lipinski definition) is 0. The minimum absolute atomic E-state index is 0.699. The first kappa shape index (κ1) is 31.3. The van der Waals surface area contributed by atoms with Crippen molar-refractivity contribution >= 4 is 49.8 Å². The maximum Gasteiger partial charge on any atom is 0.160 e. The third-order valence-corrected chi connectivity index (χ3v) is 10.7. The van der Waals surface area contributed by atoms with Gasteiger partial charge in [-0.1, -0.05) is 146 Å². The predicted molar refractivity (Wildman–Crippen MR) is 224 cm³/mol. The van der Waals surface area contributed by atoms with E-state index in [0.29, 0.717) is 5.82 Å². The third-order valence-electron chi connectivity index (χ3n) is 10.7. The number of aromatic nitrogens is 4. The van der Waals surface area contributed by atoms with Crippen molar-refractivity contribution in [1.82, 2.24) is 19.9 Å². The number of allylic oxidation sites excluding steroid dienone is 1. The number of para-hydroxylation sites is 2. The second-order valence-electron chi connectivity index (χ2n) is 14.1. The molecule has 11 rings (SSSR count). The SMILES string of the molecule is C1=Cc2c(oc3c(-c4ccc5ccc6ccc(-c7cccc(-c8cccc9c(-c%10ccccc%10)nc(-c%10ccccc%10)nc89)c7)nc6c5n4)cccc23)CC1. The smallest absolute Gasteiger partial charge is 0.160 e. The minimum atomic E-state index is 0.699. The monoisotopic (exact) mass is 704 g/mol. The molecule has 5 heteroatoms. The Morgan fingerprint density at radius 1 is 0.455 bits per heavy atom. The van der Waals surface area contributed by atoms with Crippen molar-refractivity contribution in [3.05, 3.63) is 175 Å². The Kier molecular flexibility index (Phi) is 7.24. The van der Waals surface area contributed by atoms with Gasteiger partial charge in [-0.25, -0.2) is 19.9 Å². The van der Waals surface area contributed by atoms with E-state index in [0.717, 1.165) is 113 Å². The first-order valence-corrected chi connectivity index (χ1v) is 18.7. The Morgan fingerprint density at radius 2 is 1.09 bits per heavy atom. The number of hydrogen-bond acceptors (Lipinski definition) is 5. The van der Waals surface area contributed by atoms with Gasteiger partial charge in [-0.15, -0.1) is 0 Å². The summed E-state index contributed by atoms with van der Waals surface area (Å²) in [4.78, 5) is 20.9. The lowest BCUT2D eigenvalue weighted by atomic mass is 9.97. The van der Waals surface area contributed by atoms with Crippen LogP contribution in [0.25, 0.3) is 106 Å². The molecule has 4 heterocycles. The van der Waals surface area contributed by atoms with Crippen molar-refractivity contribution in [3.8, 4) is 56.3 Å². The highest BCUT2D eigenvalue weighted by atomic mass is 16.3. The summed E-state index contributed by atoms with van der Waals surface area (Å²) >= 11 is 0. The number of aryl methyl sites for hydroxylation is 1. The molecule has 0 atom stereocenters. The number of fused-ring (bicyclic) bond motifs is 7. The standard InChI is InChI=1S/C50H32N4O/c1-3-12-31(13-4-1)45-41-22-10-19-37(48(41)54-50(53-45)34-14-5-2-6-15-34)35-16-9-17-36(30-35)42-28-26-32-24-25-33-27-29-43(52-47(33)46(32)51-42)40-21-11-20-39-38-18-7-8-23-44(38)55-49(39)40/h1-7,9-22,24-30H,8,23H2. The van der Waals surface area contributed by atoms with Gasteiger partial charge in [0, 0.05) is 61.3 Å². The lowest BCUT2D eigenvalue weighted by Crippen LogP contribution is -1.97. The quantitative estimate of drug-likeness (QED) is 0.167. The second-order valence-corrected chi connectivity index (χ2v) is 14.1. The van der Waals surface area contributed by atoms with Gasteiger partial charge in [0.25, 0.3) is 0 Å². The molecular formula is C50H32N4O. The number of rotatable bonds is 5. The fraction of sp³-hybridized carbons (Fsp3) is 0.0400. The molecule has 55 heavy (non-hydrogen) atoms. The van der Waals surface area contributed by atoms with Crippen LogP contribution >= 0.6 is 0 Å². The van der Waals surface area contributed by atoms with E-state index in [1.54, 1.807) is 0 Å². The van der Waals surface area contributed by atoms with Crippen LogP contribution in [0, 0.1) is 0 Å². The summed E-state index contributed by atoms with van der Waals surface area (Å²) in [6.45, 7) is 0. The average molecular weight is 705 g/mol. The van der Waals surface area contributed by atoms with E-state index < -0.39 is 0 Å². The molecule has 5 nitrogen and oxygen atoms in total. The van der Waals surface area contributed by atoms with E-state index >= 15 is 0 Å². The van der Waals surface area contributed by atoms with Crippen LogP contribution in [0.2, 0.25) is 0 Å². The predicted octanol–water partition coefficient (Wildman–Crippen LogP) is 12.8. The zero-order valence-corrected chi connectivity index (χ0v) is 29.8. The lowest BCUT2D eigenvalue weighted by molar-refractivity contribution is 0.547. The largest absolute Gasteiger partial charge is 0.460 e. The maximum atomic E-state index is 6.47. The van der Waals surface area contributed by atoms with Gasteiger partial charge < -0.3 is 4.42 Å². The molecule has 0 spiro atoms. The van der Waals surface area contributed by atoms with E-state index in [1.165, 1.54) is 5.56 Å². The van der Waals surface area contributed by atoms with Crippen LogP contribution in [0.15, 0.2) is 168 Å². The van der Waals surface area contributed by atoms with Crippen LogP contribution in [-0.2, 0) is 6.42 Å². The summed E-state index contributed by atoms with van der Waals surface area (Å²) in [5.74, 6) is 1.75. The molecule has 0 amide bonds. The van der Waals surface area contributed by atoms with E-state index in [4.69, 9.17) is 24.4 Å². The molecule has 258 valence electrons. The lowest BCUT2D eigenvalue weighted by Gasteiger charge is -2.13. The Hall–Kier alpha value is -7.24. The van der Waals surface area contributed by atoms with Gasteiger partial charge in [-0.2, -0.15) is 0 Å². The summed E-state index contributed by atoms with van der Waals surface area (Å²) in [6.07, 6.45) is 6.33. The highest BCUT2D eigenvalue weighted by Crippen LogP contribution is 2.39. The van der Waals surface area contributed by atoms with Gasteiger partial charge in [0.1, 0.15) is 11.3 Å². The molecule has 0 N–H and O–H groups in total. The molecule has 0 saturated carbocycles. The number of pyridine rings is 2. The Balaban J connectivity index is 1.04. The third kappa shape index (κ3) is 5.32. The highest BCUT2D eigenvalue weighted by Gasteiger charge is 2.19. The van der Waals surface area contributed by atoms with Crippen LogP contribution in [0.3, 0.4) is 0 Å². The first-order valence-electron chi connectivity index (χ1n) is 18.7. The molecule has 10 aromatic rings. The van der Waals surface area contributed by atoms with Crippen molar-refractivity contribution in [2.75, 3.05) is 0 Å². The van der Waals surface area contributed by atoms with Gasteiger partial charge in [0.05, 0.1) is 33.6 Å². The molecule has 1 aliphatic rings. The van der Waals surface area contributed by atoms with Crippen LogP contribution in [-0.4, -0.2) is 19.9 Å². The molecule has 0 radical (unpaired) electrons. The zero-order valence-electron chi connectivity index (χ0n) is 29.8. The van der Waals surface area contributed by atoms with Gasteiger partial charge in [-0.05, 0) is 36.2 Å². The highest BCUT2D eigenvalue weighted by molar-refractivity contribution is 6.06. The molecule has 1 aliphatic carbocycles. The average Bonchev–Trinajstić information content (AvgIpc) is 3.65. The van der Waals surface area contributed by atoms with Crippen molar-refractivity contribution in [2.45, 2.75) is 12.8 Å². The summed E-state index contributed by atoms with van der Waals surface area (Å²) in [5.41, 5.74) is 13.5. The summed E-state index contributed by atoms with van der Waals surface area (Å²) in [6, 6.07) is 54.6. The van der Waals surface area contributed by atoms with Gasteiger partial charge >= 0.3 is 0 Å². The van der Waals surface area contributed by atoms with E-state index in [2.05, 4.69) is 146 Å². The maximum absolute atomic E-state index is 6.47. The number of benzene rings is 6. The molecule has 6 aromatic carbocycles.